The van der Waals surface area contributed by atoms with Gasteiger partial charge in [0.25, 0.3) is 0 Å². The quantitative estimate of drug-likeness (QED) is 0.570. The number of rotatable bonds is 1. The normalized spacial score (nSPS) is 46.5. The lowest BCUT2D eigenvalue weighted by Crippen LogP contribution is -2.42. The van der Waals surface area contributed by atoms with Gasteiger partial charge in [0.15, 0.2) is 0 Å². The summed E-state index contributed by atoms with van der Waals surface area (Å²) in [5.41, 5.74) is 0. The maximum absolute atomic E-state index is 6.16. The molecular formula is C13H22B2. The molecule has 0 nitrogen and oxygen atoms in total. The zero-order valence-corrected chi connectivity index (χ0v) is 10.4. The molecule has 0 aromatic rings. The Kier molecular flexibility index (Phi) is 2.99. The van der Waals surface area contributed by atoms with Crippen LogP contribution in [0.3, 0.4) is 0 Å². The Bertz CT molecular complexity index is 227. The SMILES string of the molecule is [B]C([B])(C)C1C(C)CC2CC(C)CC1C2. The van der Waals surface area contributed by atoms with Crippen molar-refractivity contribution in [2.75, 3.05) is 0 Å². The molecule has 0 N–H and O–H groups in total. The van der Waals surface area contributed by atoms with Crippen molar-refractivity contribution in [2.45, 2.75) is 51.7 Å². The molecule has 2 bridgehead atoms. The monoisotopic (exact) mass is 200 g/mol. The molecule has 0 aromatic carbocycles. The minimum absolute atomic E-state index is 0.480. The smallest absolute Gasteiger partial charge is 0.0620 e. The molecule has 0 heterocycles. The van der Waals surface area contributed by atoms with Crippen LogP contribution in [0.15, 0.2) is 0 Å². The average Bonchev–Trinajstić information content (AvgIpc) is 1.97. The van der Waals surface area contributed by atoms with Crippen LogP contribution in [0.25, 0.3) is 0 Å². The van der Waals surface area contributed by atoms with Gasteiger partial charge in [-0.2, -0.15) is 0 Å². The Morgan fingerprint density at radius 3 is 2.27 bits per heavy atom. The summed E-state index contributed by atoms with van der Waals surface area (Å²) >= 11 is 0. The number of fused-ring (bicyclic) bond motifs is 2. The van der Waals surface area contributed by atoms with Crippen molar-refractivity contribution >= 4 is 15.7 Å². The average molecular weight is 200 g/mol. The summed E-state index contributed by atoms with van der Waals surface area (Å²) in [5, 5.41) is -0.480. The van der Waals surface area contributed by atoms with Crippen LogP contribution >= 0.6 is 0 Å². The first-order chi connectivity index (χ1) is 6.88. The third-order valence-electron chi connectivity index (χ3n) is 4.62. The van der Waals surface area contributed by atoms with Gasteiger partial charge in [-0.05, 0) is 55.3 Å². The molecule has 2 aliphatic carbocycles. The Hall–Kier alpha value is 0.130. The van der Waals surface area contributed by atoms with Gasteiger partial charge in [-0.25, -0.2) is 0 Å². The van der Waals surface area contributed by atoms with Gasteiger partial charge in [0.2, 0.25) is 0 Å². The lowest BCUT2D eigenvalue weighted by atomic mass is 9.41. The molecule has 2 fully saturated rings. The van der Waals surface area contributed by atoms with E-state index in [1.165, 1.54) is 25.7 Å². The Balaban J connectivity index is 2.16. The van der Waals surface area contributed by atoms with E-state index >= 15 is 0 Å². The fourth-order valence-electron chi connectivity index (χ4n) is 4.55. The molecular weight excluding hydrogens is 178 g/mol. The number of hydrogen-bond acceptors (Lipinski definition) is 0. The van der Waals surface area contributed by atoms with Gasteiger partial charge in [-0.15, -0.1) is 0 Å². The van der Waals surface area contributed by atoms with E-state index in [0.29, 0.717) is 11.8 Å². The maximum Gasteiger partial charge on any atom is 0.0620 e. The lowest BCUT2D eigenvalue weighted by Gasteiger charge is -2.52. The standard InChI is InChI=1S/C13H22B2/c1-8-4-10-6-9(2)12(13(3,14)15)11(5-8)7-10/h8-12H,4-7H2,1-3H3. The molecule has 2 saturated carbocycles. The van der Waals surface area contributed by atoms with Gasteiger partial charge < -0.3 is 0 Å². The fourth-order valence-corrected chi connectivity index (χ4v) is 4.55. The van der Waals surface area contributed by atoms with E-state index in [-0.39, 0.29) is 0 Å². The van der Waals surface area contributed by atoms with Gasteiger partial charge >= 0.3 is 0 Å². The summed E-state index contributed by atoms with van der Waals surface area (Å²) in [6.45, 7) is 6.74. The summed E-state index contributed by atoms with van der Waals surface area (Å²) in [4.78, 5) is 0. The van der Waals surface area contributed by atoms with Gasteiger partial charge in [0.05, 0.1) is 15.7 Å². The molecule has 0 saturated heterocycles. The second kappa shape index (κ2) is 3.86. The Morgan fingerprint density at radius 1 is 1.00 bits per heavy atom. The minimum atomic E-state index is -0.480. The van der Waals surface area contributed by atoms with E-state index in [9.17, 15) is 0 Å². The highest BCUT2D eigenvalue weighted by molar-refractivity contribution is 6.39. The molecule has 4 radical (unpaired) electrons. The third kappa shape index (κ3) is 2.29. The molecule has 0 aromatic heterocycles. The predicted molar refractivity (Wildman–Crippen MR) is 67.1 cm³/mol. The van der Waals surface area contributed by atoms with Gasteiger partial charge in [-0.1, -0.05) is 26.0 Å². The van der Waals surface area contributed by atoms with Crippen molar-refractivity contribution in [1.82, 2.24) is 0 Å². The van der Waals surface area contributed by atoms with Gasteiger partial charge in [-0.3, -0.25) is 0 Å². The molecule has 0 amide bonds. The van der Waals surface area contributed by atoms with Crippen LogP contribution < -0.4 is 0 Å². The summed E-state index contributed by atoms with van der Waals surface area (Å²) in [6, 6.07) is 0. The van der Waals surface area contributed by atoms with Crippen LogP contribution in [0.2, 0.25) is 5.21 Å². The topological polar surface area (TPSA) is 0 Å². The van der Waals surface area contributed by atoms with Gasteiger partial charge in [0, 0.05) is 0 Å². The van der Waals surface area contributed by atoms with Crippen molar-refractivity contribution in [1.29, 1.82) is 0 Å². The van der Waals surface area contributed by atoms with Crippen molar-refractivity contribution in [2.24, 2.45) is 29.6 Å². The zero-order chi connectivity index (χ0) is 11.2. The molecule has 15 heavy (non-hydrogen) atoms. The van der Waals surface area contributed by atoms with Gasteiger partial charge in [0.1, 0.15) is 0 Å². The Morgan fingerprint density at radius 2 is 1.67 bits per heavy atom. The molecule has 2 heteroatoms. The van der Waals surface area contributed by atoms with E-state index in [1.807, 2.05) is 6.92 Å². The minimum Gasteiger partial charge on any atom is -0.0985 e. The zero-order valence-electron chi connectivity index (χ0n) is 10.4. The van der Waals surface area contributed by atoms with Crippen molar-refractivity contribution in [3.8, 4) is 0 Å². The largest absolute Gasteiger partial charge is 0.0985 e. The molecule has 80 valence electrons. The maximum atomic E-state index is 6.16. The van der Waals surface area contributed by atoms with Crippen LogP contribution in [0, 0.1) is 29.6 Å². The fraction of sp³-hybridized carbons (Fsp3) is 1.00. The molecule has 5 atom stereocenters. The second-order valence-corrected chi connectivity index (χ2v) is 6.54. The summed E-state index contributed by atoms with van der Waals surface area (Å²) in [6.07, 6.45) is 5.49. The molecule has 2 aliphatic rings. The van der Waals surface area contributed by atoms with E-state index in [4.69, 9.17) is 15.7 Å². The Labute approximate surface area is 97.4 Å². The van der Waals surface area contributed by atoms with Crippen molar-refractivity contribution < 1.29 is 0 Å². The first-order valence-corrected chi connectivity index (χ1v) is 6.45. The first-order valence-electron chi connectivity index (χ1n) is 6.45. The molecule has 2 rings (SSSR count). The van der Waals surface area contributed by atoms with Crippen molar-refractivity contribution in [3.05, 3.63) is 0 Å². The second-order valence-electron chi connectivity index (χ2n) is 6.54. The summed E-state index contributed by atoms with van der Waals surface area (Å²) in [7, 11) is 12.3. The van der Waals surface area contributed by atoms with Crippen LogP contribution in [0.4, 0.5) is 0 Å². The van der Waals surface area contributed by atoms with E-state index in [0.717, 1.165) is 17.8 Å². The van der Waals surface area contributed by atoms with E-state index in [1.54, 1.807) is 0 Å². The van der Waals surface area contributed by atoms with Crippen LogP contribution in [-0.2, 0) is 0 Å². The van der Waals surface area contributed by atoms with Crippen molar-refractivity contribution in [3.63, 3.8) is 0 Å². The van der Waals surface area contributed by atoms with Crippen LogP contribution in [0.1, 0.15) is 46.5 Å². The summed E-state index contributed by atoms with van der Waals surface area (Å²) in [5.74, 6) is 3.85. The van der Waals surface area contributed by atoms with E-state index in [2.05, 4.69) is 13.8 Å². The van der Waals surface area contributed by atoms with Crippen LogP contribution in [-0.4, -0.2) is 15.7 Å². The van der Waals surface area contributed by atoms with E-state index < -0.39 is 5.21 Å². The molecule has 0 spiro atoms. The summed E-state index contributed by atoms with van der Waals surface area (Å²) < 4.78 is 0. The predicted octanol–water partition coefficient (Wildman–Crippen LogP) is 3.17. The first kappa shape index (κ1) is 11.6. The highest BCUT2D eigenvalue weighted by Crippen LogP contribution is 2.54. The molecule has 0 aliphatic heterocycles. The highest BCUT2D eigenvalue weighted by Gasteiger charge is 2.43. The lowest BCUT2D eigenvalue weighted by molar-refractivity contribution is 0.0384. The third-order valence-corrected chi connectivity index (χ3v) is 4.62. The number of hydrogen-bond donors (Lipinski definition) is 0. The van der Waals surface area contributed by atoms with Crippen LogP contribution in [0.5, 0.6) is 0 Å². The molecule has 5 unspecified atom stereocenters. The highest BCUT2D eigenvalue weighted by atomic mass is 14.5.